The van der Waals surface area contributed by atoms with E-state index in [4.69, 9.17) is 17.3 Å². The number of halogens is 1. The Morgan fingerprint density at radius 2 is 1.78 bits per heavy atom. The van der Waals surface area contributed by atoms with Crippen LogP contribution in [0, 0.1) is 0 Å². The van der Waals surface area contributed by atoms with Gasteiger partial charge in [0.05, 0.1) is 0 Å². The topological polar surface area (TPSA) is 41.3 Å². The summed E-state index contributed by atoms with van der Waals surface area (Å²) in [5.74, 6) is 0. The summed E-state index contributed by atoms with van der Waals surface area (Å²) < 4.78 is 0. The summed E-state index contributed by atoms with van der Waals surface area (Å²) in [5.41, 5.74) is 7.54. The fraction of sp³-hybridized carbons (Fsp3) is 0.571. The maximum atomic E-state index is 6.45. The Morgan fingerprint density at radius 1 is 1.22 bits per heavy atom. The Hall–Kier alpha value is -0.610. The van der Waals surface area contributed by atoms with Gasteiger partial charge in [-0.3, -0.25) is 4.90 Å². The van der Waals surface area contributed by atoms with Crippen molar-refractivity contribution in [2.24, 2.45) is 5.73 Å². The van der Waals surface area contributed by atoms with Gasteiger partial charge in [0.1, 0.15) is 0 Å². The number of nitrogens with one attached hydrogen (secondary N) is 1. The molecular formula is C14H22ClN3. The zero-order chi connectivity index (χ0) is 13.2. The van der Waals surface area contributed by atoms with Crippen molar-refractivity contribution in [2.75, 3.05) is 26.2 Å². The van der Waals surface area contributed by atoms with Crippen molar-refractivity contribution in [3.63, 3.8) is 0 Å². The van der Waals surface area contributed by atoms with Crippen LogP contribution < -0.4 is 11.1 Å². The van der Waals surface area contributed by atoms with Crippen molar-refractivity contribution < 1.29 is 0 Å². The molecule has 1 atom stereocenters. The molecule has 1 aliphatic rings. The molecule has 1 aromatic rings. The van der Waals surface area contributed by atoms with Crippen LogP contribution in [-0.4, -0.2) is 36.6 Å². The molecule has 0 aliphatic carbocycles. The first kappa shape index (κ1) is 13.8. The van der Waals surface area contributed by atoms with E-state index >= 15 is 0 Å². The first-order valence-electron chi connectivity index (χ1n) is 6.48. The second kappa shape index (κ2) is 5.57. The van der Waals surface area contributed by atoms with Gasteiger partial charge in [-0.05, 0) is 31.5 Å². The second-order valence-corrected chi connectivity index (χ2v) is 5.86. The van der Waals surface area contributed by atoms with Gasteiger partial charge in [-0.1, -0.05) is 23.7 Å². The van der Waals surface area contributed by atoms with Crippen LogP contribution in [-0.2, 0) is 0 Å². The molecule has 2 rings (SSSR count). The molecule has 1 aromatic carbocycles. The summed E-state index contributed by atoms with van der Waals surface area (Å²) in [5, 5.41) is 4.13. The van der Waals surface area contributed by atoms with Crippen LogP contribution in [0.15, 0.2) is 24.3 Å². The van der Waals surface area contributed by atoms with Crippen LogP contribution in [0.3, 0.4) is 0 Å². The van der Waals surface area contributed by atoms with Gasteiger partial charge < -0.3 is 11.1 Å². The summed E-state index contributed by atoms with van der Waals surface area (Å²) in [4.78, 5) is 2.46. The number of hydrogen-bond donors (Lipinski definition) is 2. The fourth-order valence-electron chi connectivity index (χ4n) is 2.52. The van der Waals surface area contributed by atoms with Crippen LogP contribution in [0.2, 0.25) is 5.02 Å². The van der Waals surface area contributed by atoms with E-state index in [1.807, 2.05) is 24.3 Å². The Kier molecular flexibility index (Phi) is 4.28. The van der Waals surface area contributed by atoms with Gasteiger partial charge in [-0.15, -0.1) is 0 Å². The maximum Gasteiger partial charge on any atom is 0.0476 e. The highest BCUT2D eigenvalue weighted by atomic mass is 35.5. The average Bonchev–Trinajstić information content (AvgIpc) is 2.40. The van der Waals surface area contributed by atoms with E-state index in [2.05, 4.69) is 24.1 Å². The van der Waals surface area contributed by atoms with E-state index in [-0.39, 0.29) is 11.6 Å². The van der Waals surface area contributed by atoms with Crippen molar-refractivity contribution in [2.45, 2.75) is 25.4 Å². The lowest BCUT2D eigenvalue weighted by Crippen LogP contribution is -2.57. The summed E-state index contributed by atoms with van der Waals surface area (Å²) >= 11 is 5.92. The predicted molar refractivity (Wildman–Crippen MR) is 76.9 cm³/mol. The highest BCUT2D eigenvalue weighted by Crippen LogP contribution is 2.29. The van der Waals surface area contributed by atoms with Gasteiger partial charge in [0, 0.05) is 42.8 Å². The molecule has 3 nitrogen and oxygen atoms in total. The summed E-state index contributed by atoms with van der Waals surface area (Å²) in [6.45, 7) is 8.62. The Balaban J connectivity index is 2.14. The molecule has 4 heteroatoms. The first-order valence-corrected chi connectivity index (χ1v) is 6.86. The average molecular weight is 268 g/mol. The molecule has 1 saturated heterocycles. The van der Waals surface area contributed by atoms with E-state index in [1.54, 1.807) is 0 Å². The molecule has 0 saturated carbocycles. The molecule has 100 valence electrons. The van der Waals surface area contributed by atoms with Gasteiger partial charge >= 0.3 is 0 Å². The van der Waals surface area contributed by atoms with Crippen molar-refractivity contribution in [1.29, 1.82) is 0 Å². The highest BCUT2D eigenvalue weighted by molar-refractivity contribution is 6.30. The molecular weight excluding hydrogens is 246 g/mol. The number of nitrogens with two attached hydrogens (primary N) is 1. The lowest BCUT2D eigenvalue weighted by Gasteiger charge is -2.45. The molecule has 1 heterocycles. The zero-order valence-electron chi connectivity index (χ0n) is 11.1. The van der Waals surface area contributed by atoms with Gasteiger partial charge in [0.2, 0.25) is 0 Å². The Morgan fingerprint density at radius 3 is 2.33 bits per heavy atom. The third-order valence-corrected chi connectivity index (χ3v) is 4.17. The lowest BCUT2D eigenvalue weighted by molar-refractivity contribution is 0.0800. The summed E-state index contributed by atoms with van der Waals surface area (Å²) in [7, 11) is 0. The van der Waals surface area contributed by atoms with Crippen molar-refractivity contribution in [3.8, 4) is 0 Å². The molecule has 18 heavy (non-hydrogen) atoms. The van der Waals surface area contributed by atoms with Gasteiger partial charge in [0.15, 0.2) is 0 Å². The third kappa shape index (κ3) is 2.86. The lowest BCUT2D eigenvalue weighted by atomic mass is 9.87. The minimum absolute atomic E-state index is 0.00660. The van der Waals surface area contributed by atoms with Crippen LogP contribution in [0.4, 0.5) is 0 Å². The van der Waals surface area contributed by atoms with Crippen LogP contribution in [0.25, 0.3) is 0 Å². The normalized spacial score (nSPS) is 19.8. The van der Waals surface area contributed by atoms with Crippen LogP contribution in [0.5, 0.6) is 0 Å². The molecule has 0 aromatic heterocycles. The monoisotopic (exact) mass is 267 g/mol. The van der Waals surface area contributed by atoms with Crippen LogP contribution in [0.1, 0.15) is 25.5 Å². The van der Waals surface area contributed by atoms with E-state index < -0.39 is 0 Å². The van der Waals surface area contributed by atoms with Crippen molar-refractivity contribution in [1.82, 2.24) is 10.2 Å². The minimum Gasteiger partial charge on any atom is -0.322 e. The number of piperazine rings is 1. The molecule has 0 radical (unpaired) electrons. The van der Waals surface area contributed by atoms with Gasteiger partial charge in [0.25, 0.3) is 0 Å². The molecule has 0 bridgehead atoms. The maximum absolute atomic E-state index is 6.45. The highest BCUT2D eigenvalue weighted by Gasteiger charge is 2.34. The predicted octanol–water partition coefficient (Wildman–Crippen LogP) is 2.02. The second-order valence-electron chi connectivity index (χ2n) is 5.42. The smallest absolute Gasteiger partial charge is 0.0476 e. The van der Waals surface area contributed by atoms with Gasteiger partial charge in [-0.2, -0.15) is 0 Å². The third-order valence-electron chi connectivity index (χ3n) is 3.92. The van der Waals surface area contributed by atoms with Crippen molar-refractivity contribution in [3.05, 3.63) is 34.9 Å². The SMILES string of the molecule is CC(C)(C(N)c1ccc(Cl)cc1)N1CCNCC1. The summed E-state index contributed by atoms with van der Waals surface area (Å²) in [6.07, 6.45) is 0. The Bertz CT molecular complexity index is 383. The van der Waals surface area contributed by atoms with E-state index in [9.17, 15) is 0 Å². The molecule has 1 aliphatic heterocycles. The quantitative estimate of drug-likeness (QED) is 0.881. The van der Waals surface area contributed by atoms with E-state index in [1.165, 1.54) is 0 Å². The fourth-order valence-corrected chi connectivity index (χ4v) is 2.64. The van der Waals surface area contributed by atoms with E-state index in [0.29, 0.717) is 0 Å². The molecule has 0 amide bonds. The molecule has 0 spiro atoms. The van der Waals surface area contributed by atoms with Crippen LogP contribution >= 0.6 is 11.6 Å². The van der Waals surface area contributed by atoms with E-state index in [0.717, 1.165) is 36.8 Å². The molecule has 1 fully saturated rings. The number of nitrogens with zero attached hydrogens (tertiary/aromatic N) is 1. The van der Waals surface area contributed by atoms with Crippen molar-refractivity contribution >= 4 is 11.6 Å². The van der Waals surface area contributed by atoms with Gasteiger partial charge in [-0.25, -0.2) is 0 Å². The first-order chi connectivity index (χ1) is 8.51. The number of rotatable bonds is 3. The standard InChI is InChI=1S/C14H22ClN3/c1-14(2,18-9-7-17-8-10-18)13(16)11-3-5-12(15)6-4-11/h3-6,13,17H,7-10,16H2,1-2H3. The number of benzene rings is 1. The molecule has 1 unspecified atom stereocenters. The molecule has 3 N–H and O–H groups in total. The Labute approximate surface area is 114 Å². The number of hydrogen-bond acceptors (Lipinski definition) is 3. The zero-order valence-corrected chi connectivity index (χ0v) is 11.9. The largest absolute Gasteiger partial charge is 0.322 e. The minimum atomic E-state index is -0.0457. The summed E-state index contributed by atoms with van der Waals surface area (Å²) in [6, 6.07) is 7.86.